The second kappa shape index (κ2) is 5.46. The van der Waals surface area contributed by atoms with Crippen LogP contribution in [0, 0.1) is 0 Å². The molecule has 0 radical (unpaired) electrons. The maximum atomic E-state index is 5.08. The summed E-state index contributed by atoms with van der Waals surface area (Å²) in [5.74, 6) is 0.855. The van der Waals surface area contributed by atoms with E-state index in [0.717, 1.165) is 17.0 Å². The molecular weight excluding hydrogens is 256 g/mol. The molecule has 0 aliphatic heterocycles. The number of H-pyrrole nitrogens is 1. The molecule has 0 amide bonds. The van der Waals surface area contributed by atoms with Crippen LogP contribution in [0.4, 0.5) is 0 Å². The molecule has 2 rings (SSSR count). The Hall–Kier alpha value is -1.42. The Morgan fingerprint density at radius 1 is 1.13 bits per heavy atom. The van der Waals surface area contributed by atoms with E-state index in [1.807, 2.05) is 36.4 Å². The van der Waals surface area contributed by atoms with Crippen LogP contribution in [0.3, 0.4) is 0 Å². The van der Waals surface area contributed by atoms with E-state index in [4.69, 9.17) is 4.74 Å². The normalized spacial score (nSPS) is 9.13. The summed E-state index contributed by atoms with van der Waals surface area (Å²) in [5, 5.41) is 6.95. The van der Waals surface area contributed by atoms with Crippen molar-refractivity contribution >= 4 is 0 Å². The second-order valence-corrected chi connectivity index (χ2v) is 2.88. The summed E-state index contributed by atoms with van der Waals surface area (Å²) < 4.78 is 5.08. The first-order valence-electron chi connectivity index (χ1n) is 4.37. The number of nitrogens with one attached hydrogen (secondary N) is 1. The summed E-state index contributed by atoms with van der Waals surface area (Å²) in [5.41, 5.74) is 2.00. The van der Waals surface area contributed by atoms with Gasteiger partial charge in [-0.3, -0.25) is 0 Å². The van der Waals surface area contributed by atoms with E-state index >= 15 is 0 Å². The van der Waals surface area contributed by atoms with E-state index in [-0.39, 0.29) is 17.0 Å². The Balaban J connectivity index is 0.00000112. The lowest BCUT2D eigenvalue weighted by Crippen LogP contribution is -3.00. The molecule has 1 heterocycles. The molecule has 0 spiro atoms. The van der Waals surface area contributed by atoms with Crippen LogP contribution < -0.4 is 26.8 Å². The molecule has 0 aliphatic carbocycles. The largest absolute Gasteiger partial charge is 1.00 e. The molecule has 15 heavy (non-hydrogen) atoms. The molecule has 1 N–H and O–H groups in total. The van der Waals surface area contributed by atoms with Gasteiger partial charge in [-0.15, -0.1) is 5.10 Å². The lowest BCUT2D eigenvalue weighted by atomic mass is 10.1. The van der Waals surface area contributed by atoms with Crippen molar-refractivity contribution < 1.29 is 26.8 Å². The van der Waals surface area contributed by atoms with Gasteiger partial charge < -0.3 is 21.7 Å². The van der Waals surface area contributed by atoms with Crippen molar-refractivity contribution in [3.8, 4) is 17.0 Å². The minimum absolute atomic E-state index is 0. The number of ether oxygens (including phenoxy) is 1. The molecule has 1 aromatic carbocycles. The quantitative estimate of drug-likeness (QED) is 0.669. The van der Waals surface area contributed by atoms with Crippen molar-refractivity contribution in [1.29, 1.82) is 0 Å². The van der Waals surface area contributed by atoms with E-state index in [1.54, 1.807) is 13.3 Å². The molecule has 0 bridgehead atoms. The van der Waals surface area contributed by atoms with Gasteiger partial charge in [-0.05, 0) is 35.4 Å². The lowest BCUT2D eigenvalue weighted by Gasteiger charge is -2.00. The SMILES string of the molecule is COc1ccc(-c2ccc[nH+]n2)cc1.[Br-]. The minimum atomic E-state index is 0. The highest BCUT2D eigenvalue weighted by atomic mass is 79.9. The number of aromatic amines is 1. The monoisotopic (exact) mass is 266 g/mol. The number of benzene rings is 1. The van der Waals surface area contributed by atoms with Gasteiger partial charge in [0, 0.05) is 11.6 Å². The van der Waals surface area contributed by atoms with Crippen molar-refractivity contribution in [2.45, 2.75) is 0 Å². The summed E-state index contributed by atoms with van der Waals surface area (Å²) in [6.45, 7) is 0. The second-order valence-electron chi connectivity index (χ2n) is 2.88. The molecular formula is C11H11BrN2O. The predicted molar refractivity (Wildman–Crippen MR) is 52.8 cm³/mol. The molecule has 78 valence electrons. The first kappa shape index (κ1) is 11.7. The van der Waals surface area contributed by atoms with Gasteiger partial charge >= 0.3 is 0 Å². The van der Waals surface area contributed by atoms with Crippen molar-refractivity contribution in [1.82, 2.24) is 5.10 Å². The van der Waals surface area contributed by atoms with E-state index in [0.29, 0.717) is 0 Å². The van der Waals surface area contributed by atoms with Crippen LogP contribution in [0.5, 0.6) is 5.75 Å². The molecule has 2 aromatic rings. The molecule has 0 atom stereocenters. The summed E-state index contributed by atoms with van der Waals surface area (Å²) in [7, 11) is 1.66. The van der Waals surface area contributed by atoms with E-state index in [2.05, 4.69) is 10.2 Å². The number of nitrogens with zero attached hydrogens (tertiary/aromatic N) is 1. The maximum Gasteiger partial charge on any atom is 0.193 e. The number of aromatic nitrogens is 2. The molecule has 4 heteroatoms. The first-order chi connectivity index (χ1) is 6.90. The summed E-state index contributed by atoms with van der Waals surface area (Å²) in [4.78, 5) is 0. The number of methoxy groups -OCH3 is 1. The van der Waals surface area contributed by atoms with Gasteiger partial charge in [0.15, 0.2) is 6.20 Å². The van der Waals surface area contributed by atoms with Gasteiger partial charge in [0.2, 0.25) is 0 Å². The zero-order valence-corrected chi connectivity index (χ0v) is 9.86. The van der Waals surface area contributed by atoms with Gasteiger partial charge in [-0.25, -0.2) is 0 Å². The third-order valence-electron chi connectivity index (χ3n) is 2.00. The van der Waals surface area contributed by atoms with E-state index in [1.165, 1.54) is 0 Å². The van der Waals surface area contributed by atoms with Crippen molar-refractivity contribution in [2.75, 3.05) is 7.11 Å². The van der Waals surface area contributed by atoms with Crippen LogP contribution in [0.15, 0.2) is 42.6 Å². The molecule has 3 nitrogen and oxygen atoms in total. The highest BCUT2D eigenvalue weighted by molar-refractivity contribution is 5.58. The summed E-state index contributed by atoms with van der Waals surface area (Å²) in [6.07, 6.45) is 1.78. The molecule has 1 aromatic heterocycles. The molecule has 0 fully saturated rings. The maximum absolute atomic E-state index is 5.08. The topological polar surface area (TPSA) is 36.3 Å². The third kappa shape index (κ3) is 2.76. The Bertz CT molecular complexity index is 403. The predicted octanol–water partition coefficient (Wildman–Crippen LogP) is -1.42. The molecule has 0 saturated heterocycles. The highest BCUT2D eigenvalue weighted by Gasteiger charge is 2.00. The van der Waals surface area contributed by atoms with Crippen LogP contribution in [0.25, 0.3) is 11.3 Å². The number of hydrogen-bond donors (Lipinski definition) is 0. The lowest BCUT2D eigenvalue weighted by molar-refractivity contribution is -0.453. The summed E-state index contributed by atoms with van der Waals surface area (Å²) >= 11 is 0. The Labute approximate surface area is 98.9 Å². The molecule has 0 unspecified atom stereocenters. The summed E-state index contributed by atoms with van der Waals surface area (Å²) in [6, 6.07) is 11.7. The smallest absolute Gasteiger partial charge is 0.193 e. The minimum Gasteiger partial charge on any atom is -1.00 e. The van der Waals surface area contributed by atoms with Crippen molar-refractivity contribution in [2.24, 2.45) is 0 Å². The average molecular weight is 267 g/mol. The van der Waals surface area contributed by atoms with Crippen LogP contribution in [-0.4, -0.2) is 12.2 Å². The fraction of sp³-hybridized carbons (Fsp3) is 0.0909. The Morgan fingerprint density at radius 3 is 2.40 bits per heavy atom. The Kier molecular flexibility index (Phi) is 4.24. The Morgan fingerprint density at radius 2 is 1.87 bits per heavy atom. The third-order valence-corrected chi connectivity index (χ3v) is 2.00. The van der Waals surface area contributed by atoms with Gasteiger partial charge in [-0.2, -0.15) is 0 Å². The van der Waals surface area contributed by atoms with Crippen LogP contribution in [-0.2, 0) is 0 Å². The fourth-order valence-corrected chi connectivity index (χ4v) is 1.25. The standard InChI is InChI=1S/C11H10N2O.BrH/c1-14-10-6-4-9(5-7-10)11-3-2-8-12-13-11;/h2-8H,1H3;1H. The van der Waals surface area contributed by atoms with Gasteiger partial charge in [-0.1, -0.05) is 0 Å². The highest BCUT2D eigenvalue weighted by Crippen LogP contribution is 2.18. The zero-order chi connectivity index (χ0) is 9.80. The molecule has 0 saturated carbocycles. The van der Waals surface area contributed by atoms with Gasteiger partial charge in [0.25, 0.3) is 0 Å². The fourth-order valence-electron chi connectivity index (χ4n) is 1.25. The van der Waals surface area contributed by atoms with Crippen LogP contribution >= 0.6 is 0 Å². The zero-order valence-electron chi connectivity index (χ0n) is 8.27. The number of halogens is 1. The van der Waals surface area contributed by atoms with E-state index < -0.39 is 0 Å². The average Bonchev–Trinajstić information content (AvgIpc) is 2.30. The van der Waals surface area contributed by atoms with E-state index in [9.17, 15) is 0 Å². The van der Waals surface area contributed by atoms with Crippen molar-refractivity contribution in [3.05, 3.63) is 42.6 Å². The first-order valence-corrected chi connectivity index (χ1v) is 4.37. The van der Waals surface area contributed by atoms with Crippen LogP contribution in [0.2, 0.25) is 0 Å². The van der Waals surface area contributed by atoms with Gasteiger partial charge in [0.1, 0.15) is 11.4 Å². The van der Waals surface area contributed by atoms with Crippen molar-refractivity contribution in [3.63, 3.8) is 0 Å². The molecule has 0 aliphatic rings. The van der Waals surface area contributed by atoms with Crippen LogP contribution in [0.1, 0.15) is 0 Å². The van der Waals surface area contributed by atoms with Gasteiger partial charge in [0.05, 0.1) is 7.11 Å². The number of hydrogen-bond acceptors (Lipinski definition) is 2. The number of rotatable bonds is 2.